The Hall–Kier alpha value is -1.81. The second-order valence-electron chi connectivity index (χ2n) is 2.52. The number of esters is 1. The molecule has 0 heterocycles. The molecular weight excluding hydrogens is 220 g/mol. The van der Waals surface area contributed by atoms with E-state index in [4.69, 9.17) is 21.4 Å². The Bertz CT molecular complexity index is 412. The Labute approximate surface area is 90.7 Å². The summed E-state index contributed by atoms with van der Waals surface area (Å²) >= 11 is 5.71. The van der Waals surface area contributed by atoms with Gasteiger partial charge in [-0.2, -0.15) is 0 Å². The Balaban J connectivity index is 2.67. The van der Waals surface area contributed by atoms with E-state index in [2.05, 4.69) is 0 Å². The van der Waals surface area contributed by atoms with Crippen molar-refractivity contribution in [1.82, 2.24) is 0 Å². The Kier molecular flexibility index (Phi) is 3.88. The fourth-order valence-electron chi connectivity index (χ4n) is 0.809. The largest absolute Gasteiger partial charge is 0.478 e. The number of carboxylic acid groups (broad SMARTS) is 1. The standard InChI is InChI=1S/C10H7ClO4/c11-7-3-1-2-4-8(7)15-10(14)6-5-9(12)13/h1-6H,(H,12,13)/b6-5-. The van der Waals surface area contributed by atoms with Crippen molar-refractivity contribution in [2.24, 2.45) is 0 Å². The van der Waals surface area contributed by atoms with Gasteiger partial charge in [-0.15, -0.1) is 0 Å². The van der Waals surface area contributed by atoms with Crippen LogP contribution in [0.3, 0.4) is 0 Å². The number of aliphatic carboxylic acids is 1. The minimum Gasteiger partial charge on any atom is -0.478 e. The molecular formula is C10H7ClO4. The first-order chi connectivity index (χ1) is 7.09. The highest BCUT2D eigenvalue weighted by atomic mass is 35.5. The molecule has 0 saturated heterocycles. The van der Waals surface area contributed by atoms with E-state index in [-0.39, 0.29) is 10.8 Å². The highest BCUT2D eigenvalue weighted by Gasteiger charge is 2.04. The number of carbonyl (C=O) groups excluding carboxylic acids is 1. The van der Waals surface area contributed by atoms with Crippen LogP contribution in [0.1, 0.15) is 0 Å². The van der Waals surface area contributed by atoms with E-state index < -0.39 is 11.9 Å². The lowest BCUT2D eigenvalue weighted by Crippen LogP contribution is -2.05. The molecule has 0 amide bonds. The van der Waals surface area contributed by atoms with E-state index in [1.165, 1.54) is 6.07 Å². The van der Waals surface area contributed by atoms with Crippen LogP contribution in [0.5, 0.6) is 5.75 Å². The number of benzene rings is 1. The van der Waals surface area contributed by atoms with Crippen LogP contribution in [0.2, 0.25) is 5.02 Å². The third kappa shape index (κ3) is 3.83. The molecule has 0 aromatic heterocycles. The van der Waals surface area contributed by atoms with Crippen molar-refractivity contribution in [3.8, 4) is 5.75 Å². The molecule has 4 nitrogen and oxygen atoms in total. The van der Waals surface area contributed by atoms with Gasteiger partial charge < -0.3 is 9.84 Å². The highest BCUT2D eigenvalue weighted by molar-refractivity contribution is 6.32. The summed E-state index contributed by atoms with van der Waals surface area (Å²) in [6.07, 6.45) is 1.50. The maximum atomic E-state index is 11.0. The highest BCUT2D eigenvalue weighted by Crippen LogP contribution is 2.23. The van der Waals surface area contributed by atoms with Crippen LogP contribution >= 0.6 is 11.6 Å². The molecule has 0 aliphatic rings. The molecule has 0 radical (unpaired) electrons. The minimum absolute atomic E-state index is 0.194. The van der Waals surface area contributed by atoms with Crippen molar-refractivity contribution in [2.75, 3.05) is 0 Å². The summed E-state index contributed by atoms with van der Waals surface area (Å²) < 4.78 is 4.77. The third-order valence-electron chi connectivity index (χ3n) is 1.41. The van der Waals surface area contributed by atoms with Gasteiger partial charge in [0, 0.05) is 12.2 Å². The number of hydrogen-bond donors (Lipinski definition) is 1. The molecule has 1 rings (SSSR count). The lowest BCUT2D eigenvalue weighted by atomic mass is 10.3. The fourth-order valence-corrected chi connectivity index (χ4v) is 0.984. The minimum atomic E-state index is -1.22. The molecule has 0 saturated carbocycles. The maximum absolute atomic E-state index is 11.0. The summed E-state index contributed by atoms with van der Waals surface area (Å²) in [6.45, 7) is 0. The average molecular weight is 227 g/mol. The van der Waals surface area contributed by atoms with Crippen molar-refractivity contribution < 1.29 is 19.4 Å². The van der Waals surface area contributed by atoms with Gasteiger partial charge in [0.15, 0.2) is 0 Å². The fraction of sp³-hybridized carbons (Fsp3) is 0. The number of carbonyl (C=O) groups is 2. The maximum Gasteiger partial charge on any atom is 0.336 e. The van der Waals surface area contributed by atoms with Crippen LogP contribution in [0.15, 0.2) is 36.4 Å². The number of halogens is 1. The van der Waals surface area contributed by atoms with E-state index in [1.54, 1.807) is 18.2 Å². The molecule has 0 atom stereocenters. The van der Waals surface area contributed by atoms with E-state index in [1.807, 2.05) is 0 Å². The number of carboxylic acids is 1. The van der Waals surface area contributed by atoms with Crippen LogP contribution in [0.4, 0.5) is 0 Å². The Morgan fingerprint density at radius 2 is 1.93 bits per heavy atom. The van der Waals surface area contributed by atoms with Crippen molar-refractivity contribution in [1.29, 1.82) is 0 Å². The Morgan fingerprint density at radius 3 is 2.53 bits per heavy atom. The Morgan fingerprint density at radius 1 is 1.27 bits per heavy atom. The molecule has 1 aromatic rings. The third-order valence-corrected chi connectivity index (χ3v) is 1.72. The molecule has 5 heteroatoms. The number of ether oxygens (including phenoxy) is 1. The van der Waals surface area contributed by atoms with Crippen molar-refractivity contribution in [3.05, 3.63) is 41.4 Å². The average Bonchev–Trinajstić information content (AvgIpc) is 2.18. The monoisotopic (exact) mass is 226 g/mol. The van der Waals surface area contributed by atoms with Crippen molar-refractivity contribution in [2.45, 2.75) is 0 Å². The molecule has 1 aromatic carbocycles. The first-order valence-electron chi connectivity index (χ1n) is 3.97. The lowest BCUT2D eigenvalue weighted by Gasteiger charge is -2.01. The van der Waals surface area contributed by atoms with E-state index in [0.717, 1.165) is 6.08 Å². The van der Waals surface area contributed by atoms with E-state index in [0.29, 0.717) is 6.08 Å². The van der Waals surface area contributed by atoms with E-state index in [9.17, 15) is 9.59 Å². The van der Waals surface area contributed by atoms with Crippen molar-refractivity contribution in [3.63, 3.8) is 0 Å². The van der Waals surface area contributed by atoms with Gasteiger partial charge in [0.05, 0.1) is 5.02 Å². The quantitative estimate of drug-likeness (QED) is 0.486. The van der Waals surface area contributed by atoms with Gasteiger partial charge in [-0.05, 0) is 12.1 Å². The second-order valence-corrected chi connectivity index (χ2v) is 2.93. The van der Waals surface area contributed by atoms with Crippen LogP contribution in [-0.4, -0.2) is 17.0 Å². The normalized spacial score (nSPS) is 10.2. The first-order valence-corrected chi connectivity index (χ1v) is 4.35. The summed E-state index contributed by atoms with van der Waals surface area (Å²) in [5.41, 5.74) is 0. The van der Waals surface area contributed by atoms with Gasteiger partial charge in [-0.3, -0.25) is 0 Å². The van der Waals surface area contributed by atoms with Crippen LogP contribution in [0.25, 0.3) is 0 Å². The summed E-state index contributed by atoms with van der Waals surface area (Å²) in [5.74, 6) is -1.81. The lowest BCUT2D eigenvalue weighted by molar-refractivity contribution is -0.133. The predicted molar refractivity (Wildman–Crippen MR) is 53.9 cm³/mol. The molecule has 1 N–H and O–H groups in total. The second kappa shape index (κ2) is 5.17. The zero-order chi connectivity index (χ0) is 11.3. The van der Waals surface area contributed by atoms with Gasteiger partial charge in [-0.1, -0.05) is 23.7 Å². The summed E-state index contributed by atoms with van der Waals surface area (Å²) in [6, 6.07) is 6.40. The molecule has 0 fully saturated rings. The molecule has 15 heavy (non-hydrogen) atoms. The molecule has 78 valence electrons. The van der Waals surface area contributed by atoms with Gasteiger partial charge in [0.2, 0.25) is 0 Å². The molecule has 0 unspecified atom stereocenters. The van der Waals surface area contributed by atoms with E-state index >= 15 is 0 Å². The topological polar surface area (TPSA) is 63.6 Å². The van der Waals surface area contributed by atoms with Gasteiger partial charge >= 0.3 is 11.9 Å². The number of rotatable bonds is 3. The van der Waals surface area contributed by atoms with Crippen LogP contribution < -0.4 is 4.74 Å². The van der Waals surface area contributed by atoms with Crippen LogP contribution in [-0.2, 0) is 9.59 Å². The number of para-hydroxylation sites is 1. The van der Waals surface area contributed by atoms with Gasteiger partial charge in [-0.25, -0.2) is 9.59 Å². The van der Waals surface area contributed by atoms with Gasteiger partial charge in [0.1, 0.15) is 5.75 Å². The SMILES string of the molecule is O=C(O)/C=C\C(=O)Oc1ccccc1Cl. The predicted octanol–water partition coefficient (Wildman–Crippen LogP) is 1.89. The summed E-state index contributed by atoms with van der Waals surface area (Å²) in [4.78, 5) is 21.1. The number of hydrogen-bond acceptors (Lipinski definition) is 3. The molecule has 0 aliphatic heterocycles. The van der Waals surface area contributed by atoms with Gasteiger partial charge in [0.25, 0.3) is 0 Å². The van der Waals surface area contributed by atoms with Crippen LogP contribution in [0, 0.1) is 0 Å². The molecule has 0 spiro atoms. The molecule has 0 aliphatic carbocycles. The first kappa shape index (κ1) is 11.3. The summed E-state index contributed by atoms with van der Waals surface area (Å²) in [7, 11) is 0. The molecule has 0 bridgehead atoms. The zero-order valence-electron chi connectivity index (χ0n) is 7.51. The zero-order valence-corrected chi connectivity index (χ0v) is 8.27. The summed E-state index contributed by atoms with van der Waals surface area (Å²) in [5, 5.41) is 8.55. The van der Waals surface area contributed by atoms with Crippen molar-refractivity contribution >= 4 is 23.5 Å². The smallest absolute Gasteiger partial charge is 0.336 e.